The minimum atomic E-state index is -4.62. The molecule has 0 amide bonds. The minimum absolute atomic E-state index is 0.00968. The van der Waals surface area contributed by atoms with Crippen molar-refractivity contribution in [2.75, 3.05) is 6.61 Å². The van der Waals surface area contributed by atoms with E-state index in [2.05, 4.69) is 15.9 Å². The highest BCUT2D eigenvalue weighted by Crippen LogP contribution is 2.52. The van der Waals surface area contributed by atoms with E-state index in [9.17, 15) is 18.3 Å². The van der Waals surface area contributed by atoms with E-state index < -0.39 is 24.0 Å². The van der Waals surface area contributed by atoms with Gasteiger partial charge < -0.3 is 9.84 Å². The van der Waals surface area contributed by atoms with Crippen LogP contribution in [0, 0.1) is 13.8 Å². The molecule has 2 nitrogen and oxygen atoms in total. The summed E-state index contributed by atoms with van der Waals surface area (Å²) in [6.07, 6.45) is -5.30. The summed E-state index contributed by atoms with van der Waals surface area (Å²) in [6, 6.07) is 15.1. The van der Waals surface area contributed by atoms with Crippen LogP contribution >= 0.6 is 15.9 Å². The molecule has 3 atom stereocenters. The van der Waals surface area contributed by atoms with Crippen LogP contribution in [0.4, 0.5) is 13.2 Å². The van der Waals surface area contributed by atoms with Gasteiger partial charge >= 0.3 is 6.18 Å². The lowest BCUT2D eigenvalue weighted by Crippen LogP contribution is -2.37. The lowest BCUT2D eigenvalue weighted by Gasteiger charge is -2.40. The summed E-state index contributed by atoms with van der Waals surface area (Å²) in [6.45, 7) is 3.67. The molecular weight excluding hydrogens is 433 g/mol. The van der Waals surface area contributed by atoms with Crippen LogP contribution < -0.4 is 0 Å². The number of hydrogen-bond donors (Lipinski definition) is 1. The number of benzene rings is 2. The minimum Gasteiger partial charge on any atom is -0.484 e. The smallest absolute Gasteiger partial charge is 0.449 e. The van der Waals surface area contributed by atoms with Crippen molar-refractivity contribution < 1.29 is 23.0 Å². The Kier molecular flexibility index (Phi) is 6.20. The highest BCUT2D eigenvalue weighted by molar-refractivity contribution is 9.11. The molecule has 2 aromatic carbocycles. The van der Waals surface area contributed by atoms with E-state index in [-0.39, 0.29) is 23.4 Å². The zero-order chi connectivity index (χ0) is 20.5. The van der Waals surface area contributed by atoms with Crippen LogP contribution in [0.25, 0.3) is 0 Å². The number of rotatable bonds is 4. The predicted molar refractivity (Wildman–Crippen MR) is 106 cm³/mol. The van der Waals surface area contributed by atoms with Crippen LogP contribution in [0.5, 0.6) is 0 Å². The third kappa shape index (κ3) is 4.28. The summed E-state index contributed by atoms with van der Waals surface area (Å²) in [4.78, 5) is 0. The van der Waals surface area contributed by atoms with Gasteiger partial charge in [0.05, 0.1) is 4.48 Å². The first-order valence-electron chi connectivity index (χ1n) is 9.10. The fourth-order valence-electron chi connectivity index (χ4n) is 3.99. The Bertz CT molecular complexity index is 842. The Morgan fingerprint density at radius 3 is 2.14 bits per heavy atom. The largest absolute Gasteiger partial charge is 0.484 e. The summed E-state index contributed by atoms with van der Waals surface area (Å²) in [5, 5.41) is 9.52. The second-order valence-electron chi connectivity index (χ2n) is 7.18. The molecule has 6 heteroatoms. The Hall–Kier alpha value is -1.79. The van der Waals surface area contributed by atoms with E-state index in [1.807, 2.05) is 62.4 Å². The van der Waals surface area contributed by atoms with E-state index in [0.29, 0.717) is 0 Å². The first kappa shape index (κ1) is 20.9. The van der Waals surface area contributed by atoms with E-state index >= 15 is 0 Å². The molecule has 0 unspecified atom stereocenters. The molecule has 1 aliphatic rings. The monoisotopic (exact) mass is 454 g/mol. The number of alkyl halides is 3. The Morgan fingerprint density at radius 2 is 1.61 bits per heavy atom. The number of halogens is 4. The molecule has 0 bridgehead atoms. The Morgan fingerprint density at radius 1 is 1.00 bits per heavy atom. The summed E-state index contributed by atoms with van der Waals surface area (Å²) in [7, 11) is 0. The average Bonchev–Trinajstić information content (AvgIpc) is 2.61. The Labute approximate surface area is 171 Å². The van der Waals surface area contributed by atoms with Crippen molar-refractivity contribution in [1.82, 2.24) is 0 Å². The van der Waals surface area contributed by atoms with Crippen LogP contribution in [-0.4, -0.2) is 24.0 Å². The number of aliphatic hydroxyl groups excluding tert-OH is 1. The first-order chi connectivity index (χ1) is 13.2. The van der Waals surface area contributed by atoms with Crippen molar-refractivity contribution in [2.24, 2.45) is 0 Å². The van der Waals surface area contributed by atoms with Gasteiger partial charge in [0.2, 0.25) is 5.76 Å². The highest BCUT2D eigenvalue weighted by atomic mass is 79.9. The number of hydrogen-bond acceptors (Lipinski definition) is 2. The number of ether oxygens (including phenoxy) is 1. The Balaban J connectivity index is 2.24. The molecule has 150 valence electrons. The molecule has 3 rings (SSSR count). The fourth-order valence-corrected chi connectivity index (χ4v) is 4.85. The summed E-state index contributed by atoms with van der Waals surface area (Å²) < 4.78 is 46.5. The van der Waals surface area contributed by atoms with Crippen LogP contribution in [0.3, 0.4) is 0 Å². The topological polar surface area (TPSA) is 29.5 Å². The molecule has 28 heavy (non-hydrogen) atoms. The van der Waals surface area contributed by atoms with Gasteiger partial charge in [0, 0.05) is 24.9 Å². The average molecular weight is 455 g/mol. The van der Waals surface area contributed by atoms with Crippen LogP contribution in [0.1, 0.15) is 40.5 Å². The molecule has 2 aromatic rings. The van der Waals surface area contributed by atoms with Gasteiger partial charge in [-0.2, -0.15) is 13.2 Å². The normalized spacial score (nSPS) is 22.9. The lowest BCUT2D eigenvalue weighted by molar-refractivity contribution is -0.149. The molecule has 1 aliphatic heterocycles. The van der Waals surface area contributed by atoms with Gasteiger partial charge in [-0.25, -0.2) is 0 Å². The molecule has 0 aromatic heterocycles. The van der Waals surface area contributed by atoms with Crippen LogP contribution in [0.2, 0.25) is 0 Å². The molecule has 0 aliphatic carbocycles. The van der Waals surface area contributed by atoms with Crippen LogP contribution in [-0.2, 0) is 4.74 Å². The third-order valence-electron chi connectivity index (χ3n) is 4.98. The van der Waals surface area contributed by atoms with Crippen molar-refractivity contribution in [2.45, 2.75) is 44.4 Å². The zero-order valence-corrected chi connectivity index (χ0v) is 17.2. The predicted octanol–water partition coefficient (Wildman–Crippen LogP) is 6.12. The van der Waals surface area contributed by atoms with Gasteiger partial charge in [-0.3, -0.25) is 0 Å². The van der Waals surface area contributed by atoms with Crippen molar-refractivity contribution in [1.29, 1.82) is 0 Å². The van der Waals surface area contributed by atoms with Gasteiger partial charge in [0.1, 0.15) is 6.10 Å². The first-order valence-corrected chi connectivity index (χ1v) is 9.89. The van der Waals surface area contributed by atoms with Gasteiger partial charge in [0.25, 0.3) is 0 Å². The third-order valence-corrected chi connectivity index (χ3v) is 5.83. The van der Waals surface area contributed by atoms with Crippen LogP contribution in [0.15, 0.2) is 58.8 Å². The quantitative estimate of drug-likeness (QED) is 0.602. The lowest BCUT2D eigenvalue weighted by atomic mass is 9.74. The SMILES string of the molecule is Cc1cc(C)cc([C@@H]2[C@@H](CCO)OC(C(F)(F)F)=C(Br)[C@H]2c2ccccc2)c1. The molecule has 1 heterocycles. The van der Waals surface area contributed by atoms with Crippen molar-refractivity contribution >= 4 is 15.9 Å². The van der Waals surface area contributed by atoms with E-state index in [1.54, 1.807) is 0 Å². The molecule has 0 saturated carbocycles. The zero-order valence-electron chi connectivity index (χ0n) is 15.6. The second-order valence-corrected chi connectivity index (χ2v) is 8.03. The standard InChI is InChI=1S/C22H22BrF3O2/c1-13-10-14(2)12-16(11-13)18-17(8-9-27)28-21(22(24,25)26)20(23)19(18)15-6-4-3-5-7-15/h3-7,10-12,17-19,27H,8-9H2,1-2H3/t17-,18-,19+/m1/s1. The van der Waals surface area contributed by atoms with Gasteiger partial charge in [0.15, 0.2) is 0 Å². The number of aliphatic hydroxyl groups is 1. The number of aryl methyl sites for hydroxylation is 2. The fraction of sp³-hybridized carbons (Fsp3) is 0.364. The maximum absolute atomic E-state index is 13.7. The molecule has 0 spiro atoms. The molecule has 0 radical (unpaired) electrons. The summed E-state index contributed by atoms with van der Waals surface area (Å²) in [5.41, 5.74) is 3.74. The maximum Gasteiger partial charge on any atom is 0.449 e. The summed E-state index contributed by atoms with van der Waals surface area (Å²) in [5.74, 6) is -1.95. The molecule has 0 fully saturated rings. The van der Waals surface area contributed by atoms with E-state index in [4.69, 9.17) is 4.74 Å². The van der Waals surface area contributed by atoms with Crippen molar-refractivity contribution in [3.05, 3.63) is 81.0 Å². The van der Waals surface area contributed by atoms with Gasteiger partial charge in [-0.05, 0) is 25.0 Å². The highest BCUT2D eigenvalue weighted by Gasteiger charge is 2.49. The number of allylic oxidation sites excluding steroid dienone is 2. The van der Waals surface area contributed by atoms with Crippen molar-refractivity contribution in [3.8, 4) is 0 Å². The second kappa shape index (κ2) is 8.29. The molecular formula is C22H22BrF3O2. The van der Waals surface area contributed by atoms with Gasteiger partial charge in [-0.15, -0.1) is 0 Å². The maximum atomic E-state index is 13.7. The van der Waals surface area contributed by atoms with E-state index in [0.717, 1.165) is 22.3 Å². The van der Waals surface area contributed by atoms with Gasteiger partial charge in [-0.1, -0.05) is 75.6 Å². The molecule has 1 N–H and O–H groups in total. The van der Waals surface area contributed by atoms with Crippen molar-refractivity contribution in [3.63, 3.8) is 0 Å². The van der Waals surface area contributed by atoms with E-state index in [1.165, 1.54) is 0 Å². The molecule has 0 saturated heterocycles. The summed E-state index contributed by atoms with van der Waals surface area (Å²) >= 11 is 3.22.